The highest BCUT2D eigenvalue weighted by molar-refractivity contribution is 4.90. The lowest BCUT2D eigenvalue weighted by molar-refractivity contribution is -0.0100. The van der Waals surface area contributed by atoms with Crippen molar-refractivity contribution >= 4 is 0 Å². The molecular formula is C14H28N2O. The van der Waals surface area contributed by atoms with Crippen LogP contribution >= 0.6 is 0 Å². The summed E-state index contributed by atoms with van der Waals surface area (Å²) in [6.07, 6.45) is 5.39. The summed E-state index contributed by atoms with van der Waals surface area (Å²) in [4.78, 5) is 5.42. The molecule has 2 saturated heterocycles. The van der Waals surface area contributed by atoms with Gasteiger partial charge in [-0.15, -0.1) is 0 Å². The molecule has 0 radical (unpaired) electrons. The van der Waals surface area contributed by atoms with Crippen LogP contribution in [0.1, 0.15) is 39.5 Å². The van der Waals surface area contributed by atoms with Gasteiger partial charge in [-0.3, -0.25) is 9.80 Å². The van der Waals surface area contributed by atoms with Gasteiger partial charge in [-0.05, 0) is 39.7 Å². The summed E-state index contributed by atoms with van der Waals surface area (Å²) in [6.45, 7) is 9.49. The molecule has 0 saturated carbocycles. The molecule has 3 nitrogen and oxygen atoms in total. The van der Waals surface area contributed by atoms with Crippen molar-refractivity contribution < 1.29 is 4.74 Å². The first kappa shape index (κ1) is 13.3. The molecule has 0 aromatic carbocycles. The van der Waals surface area contributed by atoms with Crippen LogP contribution < -0.4 is 0 Å². The molecule has 0 bridgehead atoms. The van der Waals surface area contributed by atoms with Gasteiger partial charge in [0.05, 0.1) is 0 Å². The summed E-state index contributed by atoms with van der Waals surface area (Å²) in [6, 6.07) is 2.19. The maximum atomic E-state index is 5.21. The standard InChI is InChI=1S/C14H28N2O/c1-12(7-9-17-3)16-11-14-6-4-5-8-15(14)10-13(16)2/h12-14H,4-11H2,1-3H3. The molecule has 0 aromatic rings. The number of fused-ring (bicyclic) bond motifs is 1. The molecular weight excluding hydrogens is 212 g/mol. The second-order valence-corrected chi connectivity index (χ2v) is 5.82. The lowest BCUT2D eigenvalue weighted by atomic mass is 9.95. The summed E-state index contributed by atoms with van der Waals surface area (Å²) in [5.41, 5.74) is 0. The number of piperidine rings is 1. The molecule has 100 valence electrons. The molecule has 2 fully saturated rings. The van der Waals surface area contributed by atoms with E-state index in [0.29, 0.717) is 12.1 Å². The van der Waals surface area contributed by atoms with E-state index in [4.69, 9.17) is 4.74 Å². The highest BCUT2D eigenvalue weighted by Gasteiger charge is 2.34. The van der Waals surface area contributed by atoms with Crippen LogP contribution in [0.2, 0.25) is 0 Å². The lowest BCUT2D eigenvalue weighted by Crippen LogP contribution is -2.60. The largest absolute Gasteiger partial charge is 0.385 e. The van der Waals surface area contributed by atoms with Gasteiger partial charge in [0.15, 0.2) is 0 Å². The van der Waals surface area contributed by atoms with Crippen LogP contribution in [-0.4, -0.2) is 61.3 Å². The summed E-state index contributed by atoms with van der Waals surface area (Å²) in [5.74, 6) is 0. The third kappa shape index (κ3) is 3.21. The first-order valence-corrected chi connectivity index (χ1v) is 7.21. The van der Waals surface area contributed by atoms with Crippen molar-refractivity contribution in [3.8, 4) is 0 Å². The van der Waals surface area contributed by atoms with E-state index in [1.807, 2.05) is 0 Å². The van der Waals surface area contributed by atoms with Crippen molar-refractivity contribution in [2.75, 3.05) is 33.4 Å². The van der Waals surface area contributed by atoms with Gasteiger partial charge < -0.3 is 4.74 Å². The SMILES string of the molecule is COCCC(C)N1CC2CCCCN2CC1C. The summed E-state index contributed by atoms with van der Waals surface area (Å²) in [7, 11) is 1.80. The maximum absolute atomic E-state index is 5.21. The van der Waals surface area contributed by atoms with E-state index in [9.17, 15) is 0 Å². The predicted octanol–water partition coefficient (Wildman–Crippen LogP) is 1.97. The van der Waals surface area contributed by atoms with Crippen molar-refractivity contribution in [1.29, 1.82) is 0 Å². The van der Waals surface area contributed by atoms with E-state index in [2.05, 4.69) is 23.6 Å². The smallest absolute Gasteiger partial charge is 0.0477 e. The molecule has 2 heterocycles. The molecule has 0 aromatic heterocycles. The summed E-state index contributed by atoms with van der Waals surface area (Å²) >= 11 is 0. The fraction of sp³-hybridized carbons (Fsp3) is 1.00. The predicted molar refractivity (Wildman–Crippen MR) is 71.3 cm³/mol. The van der Waals surface area contributed by atoms with Crippen LogP contribution in [0.15, 0.2) is 0 Å². The van der Waals surface area contributed by atoms with E-state index >= 15 is 0 Å². The molecule has 0 aliphatic carbocycles. The monoisotopic (exact) mass is 240 g/mol. The number of nitrogens with zero attached hydrogens (tertiary/aromatic N) is 2. The minimum atomic E-state index is 0.661. The van der Waals surface area contributed by atoms with Gasteiger partial charge in [0.1, 0.15) is 0 Å². The van der Waals surface area contributed by atoms with Crippen molar-refractivity contribution in [1.82, 2.24) is 9.80 Å². The zero-order valence-electron chi connectivity index (χ0n) is 11.7. The Bertz CT molecular complexity index is 230. The second-order valence-electron chi connectivity index (χ2n) is 5.82. The summed E-state index contributed by atoms with van der Waals surface area (Å²) < 4.78 is 5.21. The molecule has 3 heteroatoms. The number of methoxy groups -OCH3 is 1. The van der Waals surface area contributed by atoms with Crippen LogP contribution in [0.5, 0.6) is 0 Å². The van der Waals surface area contributed by atoms with Gasteiger partial charge >= 0.3 is 0 Å². The fourth-order valence-electron chi connectivity index (χ4n) is 3.44. The summed E-state index contributed by atoms with van der Waals surface area (Å²) in [5, 5.41) is 0. The first-order valence-electron chi connectivity index (χ1n) is 7.21. The maximum Gasteiger partial charge on any atom is 0.0477 e. The van der Waals surface area contributed by atoms with Crippen LogP contribution in [-0.2, 0) is 4.74 Å². The van der Waals surface area contributed by atoms with Crippen LogP contribution in [0.25, 0.3) is 0 Å². The fourth-order valence-corrected chi connectivity index (χ4v) is 3.44. The van der Waals surface area contributed by atoms with Gasteiger partial charge in [-0.1, -0.05) is 6.42 Å². The van der Waals surface area contributed by atoms with Crippen LogP contribution in [0.3, 0.4) is 0 Å². The molecule has 0 N–H and O–H groups in total. The molecule has 2 rings (SSSR count). The van der Waals surface area contributed by atoms with Crippen LogP contribution in [0.4, 0.5) is 0 Å². The highest BCUT2D eigenvalue weighted by atomic mass is 16.5. The minimum absolute atomic E-state index is 0.661. The van der Waals surface area contributed by atoms with E-state index in [1.165, 1.54) is 38.9 Å². The molecule has 0 amide bonds. The van der Waals surface area contributed by atoms with Gasteiger partial charge in [-0.2, -0.15) is 0 Å². The Balaban J connectivity index is 1.89. The molecule has 3 unspecified atom stereocenters. The Hall–Kier alpha value is -0.120. The average molecular weight is 240 g/mol. The van der Waals surface area contributed by atoms with E-state index in [-0.39, 0.29) is 0 Å². The molecule has 17 heavy (non-hydrogen) atoms. The number of rotatable bonds is 4. The third-order valence-electron chi connectivity index (χ3n) is 4.54. The number of hydrogen-bond acceptors (Lipinski definition) is 3. The third-order valence-corrected chi connectivity index (χ3v) is 4.54. The van der Waals surface area contributed by atoms with Crippen LogP contribution in [0, 0.1) is 0 Å². The van der Waals surface area contributed by atoms with Crippen molar-refractivity contribution in [2.24, 2.45) is 0 Å². The minimum Gasteiger partial charge on any atom is -0.385 e. The van der Waals surface area contributed by atoms with Gasteiger partial charge in [-0.25, -0.2) is 0 Å². The van der Waals surface area contributed by atoms with E-state index in [0.717, 1.165) is 19.1 Å². The quantitative estimate of drug-likeness (QED) is 0.747. The Morgan fingerprint density at radius 2 is 2.12 bits per heavy atom. The first-order chi connectivity index (χ1) is 8.22. The van der Waals surface area contributed by atoms with E-state index in [1.54, 1.807) is 7.11 Å². The van der Waals surface area contributed by atoms with Crippen molar-refractivity contribution in [3.63, 3.8) is 0 Å². The molecule has 3 atom stereocenters. The van der Waals surface area contributed by atoms with Gasteiger partial charge in [0.2, 0.25) is 0 Å². The average Bonchev–Trinajstić information content (AvgIpc) is 2.35. The normalized spacial score (nSPS) is 33.4. The second kappa shape index (κ2) is 6.17. The lowest BCUT2D eigenvalue weighted by Gasteiger charge is -2.49. The number of hydrogen-bond donors (Lipinski definition) is 0. The number of ether oxygens (including phenoxy) is 1. The Morgan fingerprint density at radius 1 is 1.29 bits per heavy atom. The highest BCUT2D eigenvalue weighted by Crippen LogP contribution is 2.25. The molecule has 2 aliphatic rings. The molecule has 2 aliphatic heterocycles. The van der Waals surface area contributed by atoms with Gasteiger partial charge in [0, 0.05) is 44.9 Å². The van der Waals surface area contributed by atoms with E-state index < -0.39 is 0 Å². The Labute approximate surface area is 106 Å². The number of piperazine rings is 1. The topological polar surface area (TPSA) is 15.7 Å². The molecule has 0 spiro atoms. The zero-order valence-corrected chi connectivity index (χ0v) is 11.7. The van der Waals surface area contributed by atoms with Crippen molar-refractivity contribution in [3.05, 3.63) is 0 Å². The van der Waals surface area contributed by atoms with Crippen molar-refractivity contribution in [2.45, 2.75) is 57.7 Å². The Kier molecular flexibility index (Phi) is 4.83. The van der Waals surface area contributed by atoms with Gasteiger partial charge in [0.25, 0.3) is 0 Å². The zero-order chi connectivity index (χ0) is 12.3. The Morgan fingerprint density at radius 3 is 2.88 bits per heavy atom.